The van der Waals surface area contributed by atoms with Gasteiger partial charge in [-0.25, -0.2) is 9.97 Å². The number of nitrogens with zero attached hydrogens (tertiary/aromatic N) is 3. The number of aromatic nitrogens is 2. The van der Waals surface area contributed by atoms with Gasteiger partial charge in [0.2, 0.25) is 0 Å². The van der Waals surface area contributed by atoms with Crippen LogP contribution in [0.25, 0.3) is 11.1 Å². The number of benzene rings is 2. The summed E-state index contributed by atoms with van der Waals surface area (Å²) in [6, 6.07) is 15.9. The van der Waals surface area contributed by atoms with Gasteiger partial charge in [-0.3, -0.25) is 14.4 Å². The number of piperidine rings is 1. The van der Waals surface area contributed by atoms with Crippen molar-refractivity contribution in [3.63, 3.8) is 0 Å². The lowest BCUT2D eigenvalue weighted by atomic mass is 9.92. The first-order chi connectivity index (χ1) is 18.2. The number of anilines is 1. The molecule has 10 heteroatoms. The zero-order chi connectivity index (χ0) is 27.2. The number of amides is 2. The Morgan fingerprint density at radius 3 is 2.13 bits per heavy atom. The predicted molar refractivity (Wildman–Crippen MR) is 142 cm³/mol. The Morgan fingerprint density at radius 2 is 1.55 bits per heavy atom. The Labute approximate surface area is 220 Å². The Morgan fingerprint density at radius 1 is 0.947 bits per heavy atom. The van der Waals surface area contributed by atoms with E-state index >= 15 is 0 Å². The van der Waals surface area contributed by atoms with Gasteiger partial charge in [0.05, 0.1) is 5.69 Å². The molecular formula is C28H31N5O5. The SMILES string of the molecule is CNC(=O)c1ccc(-c2ccc(N3CCC(Cc4nc(C)c(O)c(C(=O)NCC(=O)O)n4)CC3)cc2)cc1. The molecule has 0 bridgehead atoms. The fraction of sp³-hybridized carbons (Fsp3) is 0.321. The van der Waals surface area contributed by atoms with Crippen molar-refractivity contribution < 1.29 is 24.6 Å². The number of rotatable bonds is 8. The average Bonchev–Trinajstić information content (AvgIpc) is 2.93. The molecule has 1 aromatic heterocycles. The summed E-state index contributed by atoms with van der Waals surface area (Å²) >= 11 is 0. The van der Waals surface area contributed by atoms with Crippen molar-refractivity contribution in [2.45, 2.75) is 26.2 Å². The van der Waals surface area contributed by atoms with E-state index in [9.17, 15) is 19.5 Å². The maximum Gasteiger partial charge on any atom is 0.322 e. The molecule has 1 aliphatic heterocycles. The maximum absolute atomic E-state index is 12.3. The van der Waals surface area contributed by atoms with Crippen molar-refractivity contribution in [2.75, 3.05) is 31.6 Å². The quantitative estimate of drug-likeness (QED) is 0.357. The molecule has 1 fully saturated rings. The number of aliphatic carboxylic acids is 1. The monoisotopic (exact) mass is 517 g/mol. The van der Waals surface area contributed by atoms with Gasteiger partial charge in [-0.05, 0) is 61.1 Å². The fourth-order valence-electron chi connectivity index (χ4n) is 4.59. The first-order valence-electron chi connectivity index (χ1n) is 12.5. The van der Waals surface area contributed by atoms with Gasteiger partial charge >= 0.3 is 5.97 Å². The lowest BCUT2D eigenvalue weighted by molar-refractivity contribution is -0.135. The highest BCUT2D eigenvalue weighted by atomic mass is 16.4. The van der Waals surface area contributed by atoms with E-state index < -0.39 is 18.4 Å². The topological polar surface area (TPSA) is 145 Å². The molecule has 0 saturated carbocycles. The summed E-state index contributed by atoms with van der Waals surface area (Å²) in [6.07, 6.45) is 2.41. The molecule has 0 unspecified atom stereocenters. The van der Waals surface area contributed by atoms with Crippen molar-refractivity contribution in [3.05, 3.63) is 71.3 Å². The van der Waals surface area contributed by atoms with Gasteiger partial charge in [-0.15, -0.1) is 0 Å². The maximum atomic E-state index is 12.3. The first-order valence-corrected chi connectivity index (χ1v) is 12.5. The third kappa shape index (κ3) is 6.26. The highest BCUT2D eigenvalue weighted by molar-refractivity contribution is 5.96. The number of carbonyl (C=O) groups excluding carboxylic acids is 2. The molecule has 3 aromatic rings. The van der Waals surface area contributed by atoms with E-state index in [0.29, 0.717) is 23.7 Å². The molecule has 198 valence electrons. The van der Waals surface area contributed by atoms with Gasteiger partial charge in [0, 0.05) is 37.8 Å². The van der Waals surface area contributed by atoms with E-state index in [-0.39, 0.29) is 23.0 Å². The second-order valence-electron chi connectivity index (χ2n) is 9.34. The number of carboxylic acids is 1. The van der Waals surface area contributed by atoms with Gasteiger partial charge in [-0.1, -0.05) is 24.3 Å². The number of hydrogen-bond donors (Lipinski definition) is 4. The lowest BCUT2D eigenvalue weighted by Gasteiger charge is -2.33. The summed E-state index contributed by atoms with van der Waals surface area (Å²) in [5, 5.41) is 23.8. The summed E-state index contributed by atoms with van der Waals surface area (Å²) in [4.78, 5) is 45.7. The van der Waals surface area contributed by atoms with Gasteiger partial charge < -0.3 is 25.7 Å². The van der Waals surface area contributed by atoms with E-state index in [1.165, 1.54) is 0 Å². The van der Waals surface area contributed by atoms with Crippen molar-refractivity contribution in [3.8, 4) is 16.9 Å². The van der Waals surface area contributed by atoms with Gasteiger partial charge in [0.1, 0.15) is 12.4 Å². The van der Waals surface area contributed by atoms with Crippen molar-refractivity contribution >= 4 is 23.5 Å². The smallest absolute Gasteiger partial charge is 0.322 e. The molecule has 4 rings (SSSR count). The molecule has 1 aliphatic rings. The molecule has 2 heterocycles. The Balaban J connectivity index is 1.35. The number of carboxylic acid groups (broad SMARTS) is 1. The van der Waals surface area contributed by atoms with Crippen LogP contribution in [-0.2, 0) is 11.2 Å². The fourth-order valence-corrected chi connectivity index (χ4v) is 4.59. The minimum absolute atomic E-state index is 0.107. The number of hydrogen-bond acceptors (Lipinski definition) is 7. The van der Waals surface area contributed by atoms with Crippen LogP contribution < -0.4 is 15.5 Å². The summed E-state index contributed by atoms with van der Waals surface area (Å²) in [6.45, 7) is 2.78. The molecule has 38 heavy (non-hydrogen) atoms. The molecular weight excluding hydrogens is 486 g/mol. The second kappa shape index (κ2) is 11.7. The van der Waals surface area contributed by atoms with Crippen LogP contribution >= 0.6 is 0 Å². The Kier molecular flexibility index (Phi) is 8.20. The predicted octanol–water partition coefficient (Wildman–Crippen LogP) is 2.79. The standard InChI is InChI=1S/C28H31N5O5/c1-17-26(36)25(28(38)30-16-24(34)35)32-23(31-17)15-18-11-13-33(14-12-18)22-9-7-20(8-10-22)19-3-5-21(6-4-19)27(37)29-2/h3-10,18,36H,11-16H2,1-2H3,(H,29,37)(H,30,38)(H,34,35). The van der Waals surface area contributed by atoms with E-state index in [2.05, 4.69) is 49.8 Å². The second-order valence-corrected chi connectivity index (χ2v) is 9.34. The van der Waals surface area contributed by atoms with Crippen LogP contribution in [0, 0.1) is 12.8 Å². The molecule has 4 N–H and O–H groups in total. The van der Waals surface area contributed by atoms with Crippen molar-refractivity contribution in [1.29, 1.82) is 0 Å². The van der Waals surface area contributed by atoms with Crippen LogP contribution in [-0.4, -0.2) is 64.6 Å². The summed E-state index contributed by atoms with van der Waals surface area (Å²) in [5.74, 6) is -1.57. The van der Waals surface area contributed by atoms with Gasteiger partial charge in [0.25, 0.3) is 11.8 Å². The van der Waals surface area contributed by atoms with Crippen LogP contribution in [0.5, 0.6) is 5.75 Å². The van der Waals surface area contributed by atoms with E-state index in [1.807, 2.05) is 24.3 Å². The summed E-state index contributed by atoms with van der Waals surface area (Å²) in [7, 11) is 1.61. The van der Waals surface area contributed by atoms with Crippen LogP contribution in [0.2, 0.25) is 0 Å². The molecule has 0 aliphatic carbocycles. The lowest BCUT2D eigenvalue weighted by Crippen LogP contribution is -2.34. The minimum Gasteiger partial charge on any atom is -0.504 e. The Hall–Kier alpha value is -4.47. The third-order valence-electron chi connectivity index (χ3n) is 6.75. The zero-order valence-electron chi connectivity index (χ0n) is 21.4. The number of nitrogens with one attached hydrogen (secondary N) is 2. The first kappa shape index (κ1) is 26.6. The molecule has 10 nitrogen and oxygen atoms in total. The van der Waals surface area contributed by atoms with E-state index in [0.717, 1.165) is 42.7 Å². The third-order valence-corrected chi connectivity index (χ3v) is 6.75. The van der Waals surface area contributed by atoms with Gasteiger partial charge in [-0.2, -0.15) is 0 Å². The van der Waals surface area contributed by atoms with Crippen LogP contribution in [0.15, 0.2) is 48.5 Å². The molecule has 0 spiro atoms. The van der Waals surface area contributed by atoms with Crippen LogP contribution in [0.3, 0.4) is 0 Å². The number of carbonyl (C=O) groups is 3. The van der Waals surface area contributed by atoms with E-state index in [4.69, 9.17) is 5.11 Å². The summed E-state index contributed by atoms with van der Waals surface area (Å²) in [5.41, 5.74) is 3.98. The highest BCUT2D eigenvalue weighted by Crippen LogP contribution is 2.29. The molecule has 2 aromatic carbocycles. The highest BCUT2D eigenvalue weighted by Gasteiger charge is 2.23. The molecule has 2 amide bonds. The Bertz CT molecular complexity index is 1320. The molecule has 1 saturated heterocycles. The van der Waals surface area contributed by atoms with Gasteiger partial charge in [0.15, 0.2) is 11.4 Å². The van der Waals surface area contributed by atoms with E-state index in [1.54, 1.807) is 14.0 Å². The molecule has 0 atom stereocenters. The zero-order valence-corrected chi connectivity index (χ0v) is 21.4. The van der Waals surface area contributed by atoms with Crippen molar-refractivity contribution in [1.82, 2.24) is 20.6 Å². The average molecular weight is 518 g/mol. The normalized spacial score (nSPS) is 13.7. The van der Waals surface area contributed by atoms with Crippen LogP contribution in [0.1, 0.15) is 45.2 Å². The minimum atomic E-state index is -1.18. The molecule has 0 radical (unpaired) electrons. The number of aromatic hydroxyl groups is 1. The van der Waals surface area contributed by atoms with Crippen molar-refractivity contribution in [2.24, 2.45) is 5.92 Å². The summed E-state index contributed by atoms with van der Waals surface area (Å²) < 4.78 is 0. The largest absolute Gasteiger partial charge is 0.504 e. The van der Waals surface area contributed by atoms with Crippen LogP contribution in [0.4, 0.5) is 5.69 Å². The number of aryl methyl sites for hydroxylation is 1.